The number of likely N-dealkylation sites (N-methyl/N-ethyl adjacent to an activating group) is 1. The first-order valence-corrected chi connectivity index (χ1v) is 9.96. The third-order valence-electron chi connectivity index (χ3n) is 5.10. The zero-order chi connectivity index (χ0) is 18.4. The summed E-state index contributed by atoms with van der Waals surface area (Å²) in [5.74, 6) is -0.168. The Morgan fingerprint density at radius 2 is 2.00 bits per heavy atom. The van der Waals surface area contributed by atoms with Crippen molar-refractivity contribution in [2.24, 2.45) is 13.0 Å². The second-order valence-corrected chi connectivity index (χ2v) is 8.90. The molecule has 0 bridgehead atoms. The molecule has 1 aromatic carbocycles. The molecule has 1 fully saturated rings. The standard InChI is InChI=1S/C17H25N3O4S/c1-5-6-12-10-20(11-15(12)18(2)3)25(22,23)13-7-8-16-14(9-13)19(4)17(21)24-16/h7-9,12,15H,5-6,10-11H2,1-4H3/t12-,15-/m1/s1. The molecule has 0 spiro atoms. The van der Waals surface area contributed by atoms with E-state index >= 15 is 0 Å². The molecule has 0 saturated carbocycles. The predicted molar refractivity (Wildman–Crippen MR) is 96.1 cm³/mol. The van der Waals surface area contributed by atoms with Crippen LogP contribution >= 0.6 is 0 Å². The molecule has 0 N–H and O–H groups in total. The van der Waals surface area contributed by atoms with Gasteiger partial charge in [0.1, 0.15) is 0 Å². The molecule has 0 radical (unpaired) electrons. The van der Waals surface area contributed by atoms with E-state index in [1.165, 1.54) is 16.7 Å². The summed E-state index contributed by atoms with van der Waals surface area (Å²) in [6, 6.07) is 4.80. The molecule has 1 aliphatic heterocycles. The Hall–Kier alpha value is -1.64. The molecule has 3 rings (SSSR count). The molecule has 1 aliphatic rings. The van der Waals surface area contributed by atoms with E-state index < -0.39 is 15.8 Å². The molecule has 0 unspecified atom stereocenters. The van der Waals surface area contributed by atoms with E-state index in [2.05, 4.69) is 11.8 Å². The van der Waals surface area contributed by atoms with Crippen molar-refractivity contribution in [2.75, 3.05) is 27.2 Å². The Bertz CT molecular complexity index is 929. The molecule has 0 amide bonds. The van der Waals surface area contributed by atoms with Crippen LogP contribution in [0.1, 0.15) is 19.8 Å². The molecule has 8 heteroatoms. The van der Waals surface area contributed by atoms with Gasteiger partial charge in [0.25, 0.3) is 0 Å². The number of hydrogen-bond acceptors (Lipinski definition) is 5. The van der Waals surface area contributed by atoms with E-state index in [1.807, 2.05) is 14.1 Å². The summed E-state index contributed by atoms with van der Waals surface area (Å²) in [5.41, 5.74) is 0.877. The maximum atomic E-state index is 13.1. The number of benzene rings is 1. The van der Waals surface area contributed by atoms with Gasteiger partial charge in [0.05, 0.1) is 10.4 Å². The van der Waals surface area contributed by atoms with Crippen LogP contribution in [0.15, 0.2) is 32.3 Å². The first kappa shape index (κ1) is 18.2. The van der Waals surface area contributed by atoms with Gasteiger partial charge in [-0.3, -0.25) is 4.57 Å². The van der Waals surface area contributed by atoms with E-state index in [1.54, 1.807) is 17.4 Å². The molecule has 2 heterocycles. The molecule has 25 heavy (non-hydrogen) atoms. The van der Waals surface area contributed by atoms with Crippen LogP contribution in [0.2, 0.25) is 0 Å². The highest BCUT2D eigenvalue weighted by atomic mass is 32.2. The molecule has 0 aliphatic carbocycles. The SMILES string of the molecule is CCC[C@@H]1CN(S(=O)(=O)c2ccc3oc(=O)n(C)c3c2)C[C@H]1N(C)C. The van der Waals surface area contributed by atoms with E-state index in [9.17, 15) is 13.2 Å². The smallest absolute Gasteiger partial charge is 0.408 e. The Morgan fingerprint density at radius 1 is 1.28 bits per heavy atom. The second kappa shape index (κ2) is 6.59. The summed E-state index contributed by atoms with van der Waals surface area (Å²) in [4.78, 5) is 13.9. The predicted octanol–water partition coefficient (Wildman–Crippen LogP) is 1.48. The highest BCUT2D eigenvalue weighted by Crippen LogP contribution is 2.30. The topological polar surface area (TPSA) is 75.8 Å². The fourth-order valence-electron chi connectivity index (χ4n) is 3.67. The quantitative estimate of drug-likeness (QED) is 0.800. The van der Waals surface area contributed by atoms with Gasteiger partial charge in [0, 0.05) is 26.2 Å². The molecule has 2 aromatic rings. The average Bonchev–Trinajstić information content (AvgIpc) is 3.10. The van der Waals surface area contributed by atoms with Crippen LogP contribution in [0.5, 0.6) is 0 Å². The minimum atomic E-state index is -3.61. The largest absolute Gasteiger partial charge is 0.419 e. The average molecular weight is 367 g/mol. The van der Waals surface area contributed by atoms with Gasteiger partial charge in [-0.25, -0.2) is 13.2 Å². The van der Waals surface area contributed by atoms with E-state index in [0.29, 0.717) is 30.1 Å². The summed E-state index contributed by atoms with van der Waals surface area (Å²) in [7, 11) is 1.96. The lowest BCUT2D eigenvalue weighted by atomic mass is 9.98. The molecule has 7 nitrogen and oxygen atoms in total. The lowest BCUT2D eigenvalue weighted by Gasteiger charge is -2.24. The Morgan fingerprint density at radius 3 is 2.64 bits per heavy atom. The van der Waals surface area contributed by atoms with E-state index in [4.69, 9.17) is 4.42 Å². The zero-order valence-electron chi connectivity index (χ0n) is 15.1. The molecule has 1 saturated heterocycles. The lowest BCUT2D eigenvalue weighted by Crippen LogP contribution is -2.36. The Kier molecular flexibility index (Phi) is 4.78. The monoisotopic (exact) mass is 367 g/mol. The van der Waals surface area contributed by atoms with Gasteiger partial charge in [0.2, 0.25) is 10.0 Å². The molecular weight excluding hydrogens is 342 g/mol. The van der Waals surface area contributed by atoms with Crippen LogP contribution < -0.4 is 5.76 Å². The summed E-state index contributed by atoms with van der Waals surface area (Å²) in [6.07, 6.45) is 2.04. The maximum Gasteiger partial charge on any atom is 0.419 e. The zero-order valence-corrected chi connectivity index (χ0v) is 15.9. The van der Waals surface area contributed by atoms with Crippen molar-refractivity contribution in [3.8, 4) is 0 Å². The Labute approximate surface area is 147 Å². The molecule has 1 aromatic heterocycles. The van der Waals surface area contributed by atoms with Crippen molar-refractivity contribution in [3.05, 3.63) is 28.7 Å². The first-order valence-electron chi connectivity index (χ1n) is 8.52. The fraction of sp³-hybridized carbons (Fsp3) is 0.588. The number of fused-ring (bicyclic) bond motifs is 1. The van der Waals surface area contributed by atoms with Crippen LogP contribution in [0.3, 0.4) is 0 Å². The minimum Gasteiger partial charge on any atom is -0.408 e. The summed E-state index contributed by atoms with van der Waals surface area (Å²) >= 11 is 0. The lowest BCUT2D eigenvalue weighted by molar-refractivity contribution is 0.244. The third kappa shape index (κ3) is 3.14. The second-order valence-electron chi connectivity index (χ2n) is 6.96. The van der Waals surface area contributed by atoms with Gasteiger partial charge in [-0.2, -0.15) is 4.31 Å². The highest BCUT2D eigenvalue weighted by Gasteiger charge is 2.39. The number of oxazole rings is 1. The van der Waals surface area contributed by atoms with Crippen LogP contribution in [0.4, 0.5) is 0 Å². The number of aromatic nitrogens is 1. The van der Waals surface area contributed by atoms with Gasteiger partial charge < -0.3 is 9.32 Å². The number of sulfonamides is 1. The van der Waals surface area contributed by atoms with Gasteiger partial charge in [-0.05, 0) is 44.6 Å². The molecule has 138 valence electrons. The van der Waals surface area contributed by atoms with Crippen LogP contribution in [0.25, 0.3) is 11.1 Å². The first-order chi connectivity index (χ1) is 11.8. The molecular formula is C17H25N3O4S. The van der Waals surface area contributed by atoms with Gasteiger partial charge in [0.15, 0.2) is 5.58 Å². The van der Waals surface area contributed by atoms with Crippen molar-refractivity contribution < 1.29 is 12.8 Å². The van der Waals surface area contributed by atoms with Crippen molar-refractivity contribution >= 4 is 21.1 Å². The van der Waals surface area contributed by atoms with E-state index in [0.717, 1.165) is 12.8 Å². The van der Waals surface area contributed by atoms with Crippen LogP contribution in [-0.4, -0.2) is 55.4 Å². The van der Waals surface area contributed by atoms with Crippen molar-refractivity contribution in [2.45, 2.75) is 30.7 Å². The van der Waals surface area contributed by atoms with Crippen molar-refractivity contribution in [3.63, 3.8) is 0 Å². The van der Waals surface area contributed by atoms with Gasteiger partial charge in [-0.1, -0.05) is 13.3 Å². The fourth-order valence-corrected chi connectivity index (χ4v) is 5.20. The van der Waals surface area contributed by atoms with Crippen molar-refractivity contribution in [1.82, 2.24) is 13.8 Å². The summed E-state index contributed by atoms with van der Waals surface area (Å²) < 4.78 is 34.2. The summed E-state index contributed by atoms with van der Waals surface area (Å²) in [6.45, 7) is 3.14. The molecule has 2 atom stereocenters. The number of rotatable bonds is 5. The summed E-state index contributed by atoms with van der Waals surface area (Å²) in [5, 5.41) is 0. The van der Waals surface area contributed by atoms with Gasteiger partial charge >= 0.3 is 5.76 Å². The number of nitrogens with zero attached hydrogens (tertiary/aromatic N) is 3. The Balaban J connectivity index is 1.96. The number of hydrogen-bond donors (Lipinski definition) is 0. The van der Waals surface area contributed by atoms with Crippen molar-refractivity contribution in [1.29, 1.82) is 0 Å². The van der Waals surface area contributed by atoms with Gasteiger partial charge in [-0.15, -0.1) is 0 Å². The maximum absolute atomic E-state index is 13.1. The van der Waals surface area contributed by atoms with Crippen LogP contribution in [0, 0.1) is 5.92 Å². The highest BCUT2D eigenvalue weighted by molar-refractivity contribution is 7.89. The number of aryl methyl sites for hydroxylation is 1. The normalized spacial score (nSPS) is 22.3. The minimum absolute atomic E-state index is 0.200. The van der Waals surface area contributed by atoms with E-state index in [-0.39, 0.29) is 10.9 Å². The van der Waals surface area contributed by atoms with Crippen LogP contribution in [-0.2, 0) is 17.1 Å². The third-order valence-corrected chi connectivity index (χ3v) is 6.92.